The van der Waals surface area contributed by atoms with Crippen LogP contribution in [0.1, 0.15) is 30.8 Å². The summed E-state index contributed by atoms with van der Waals surface area (Å²) < 4.78 is 21.1. The van der Waals surface area contributed by atoms with E-state index in [-0.39, 0.29) is 18.3 Å². The van der Waals surface area contributed by atoms with Gasteiger partial charge in [0, 0.05) is 18.4 Å². The zero-order valence-corrected chi connectivity index (χ0v) is 19.2. The number of nitrogens with one attached hydrogen (secondary N) is 1. The standard InChI is InChI=1S/C24H27FN4O2S/c1-17(2)15-29-22(27-28-24(29)32-16-19-6-4-5-7-21(19)25)14-26-23(30)13-10-18-8-11-20(31-3)12-9-18/h4-13,17H,14-16H2,1-3H3,(H,26,30). The van der Waals surface area contributed by atoms with Crippen molar-refractivity contribution < 1.29 is 13.9 Å². The molecular weight excluding hydrogens is 427 g/mol. The molecule has 0 aliphatic heterocycles. The predicted octanol–water partition coefficient (Wildman–Crippen LogP) is 4.70. The average Bonchev–Trinajstić information content (AvgIpc) is 3.16. The van der Waals surface area contributed by atoms with Gasteiger partial charge in [-0.2, -0.15) is 0 Å². The number of nitrogens with zero attached hydrogens (tertiary/aromatic N) is 3. The van der Waals surface area contributed by atoms with Gasteiger partial charge in [-0.05, 0) is 41.3 Å². The second-order valence-corrected chi connectivity index (χ2v) is 8.55. The van der Waals surface area contributed by atoms with Crippen LogP contribution in [-0.4, -0.2) is 27.8 Å². The van der Waals surface area contributed by atoms with Crippen LogP contribution in [0.5, 0.6) is 5.75 Å². The van der Waals surface area contributed by atoms with E-state index in [0.29, 0.717) is 34.8 Å². The first kappa shape index (κ1) is 23.5. The third-order valence-electron chi connectivity index (χ3n) is 4.62. The Bertz CT molecular complexity index is 1060. The minimum atomic E-state index is -0.231. The molecule has 0 aliphatic carbocycles. The summed E-state index contributed by atoms with van der Waals surface area (Å²) in [6.45, 7) is 5.17. The Morgan fingerprint density at radius 1 is 1.19 bits per heavy atom. The van der Waals surface area contributed by atoms with Crippen LogP contribution < -0.4 is 10.1 Å². The van der Waals surface area contributed by atoms with Crippen LogP contribution in [0.2, 0.25) is 0 Å². The molecular formula is C24H27FN4O2S. The normalized spacial score (nSPS) is 11.3. The number of halogens is 1. The first-order valence-electron chi connectivity index (χ1n) is 10.3. The Balaban J connectivity index is 1.62. The number of carbonyl (C=O) groups excluding carboxylic acids is 1. The highest BCUT2D eigenvalue weighted by atomic mass is 32.2. The molecule has 0 spiro atoms. The van der Waals surface area contributed by atoms with Gasteiger partial charge in [0.1, 0.15) is 11.6 Å². The minimum Gasteiger partial charge on any atom is -0.497 e. The lowest BCUT2D eigenvalue weighted by atomic mass is 10.2. The molecule has 0 unspecified atom stereocenters. The molecule has 0 saturated carbocycles. The van der Waals surface area contributed by atoms with E-state index in [0.717, 1.165) is 11.3 Å². The highest BCUT2D eigenvalue weighted by Gasteiger charge is 2.15. The maximum Gasteiger partial charge on any atom is 0.244 e. The van der Waals surface area contributed by atoms with Crippen LogP contribution >= 0.6 is 11.8 Å². The van der Waals surface area contributed by atoms with Crippen LogP contribution in [0, 0.1) is 11.7 Å². The highest BCUT2D eigenvalue weighted by Crippen LogP contribution is 2.24. The number of carbonyl (C=O) groups is 1. The van der Waals surface area contributed by atoms with Crippen LogP contribution in [-0.2, 0) is 23.6 Å². The Hall–Kier alpha value is -3.13. The van der Waals surface area contributed by atoms with Crippen LogP contribution in [0.25, 0.3) is 6.08 Å². The molecule has 0 aliphatic rings. The Kier molecular flexibility index (Phi) is 8.44. The Morgan fingerprint density at radius 2 is 1.94 bits per heavy atom. The molecule has 3 rings (SSSR count). The van der Waals surface area contributed by atoms with Crippen molar-refractivity contribution in [3.05, 3.63) is 77.4 Å². The second-order valence-electron chi connectivity index (χ2n) is 7.61. The number of thioether (sulfide) groups is 1. The molecule has 1 N–H and O–H groups in total. The number of rotatable bonds is 10. The van der Waals surface area contributed by atoms with Gasteiger partial charge in [-0.25, -0.2) is 4.39 Å². The summed E-state index contributed by atoms with van der Waals surface area (Å²) in [6, 6.07) is 14.1. The van der Waals surface area contributed by atoms with E-state index in [4.69, 9.17) is 4.74 Å². The number of amides is 1. The molecule has 0 saturated heterocycles. The molecule has 8 heteroatoms. The lowest BCUT2D eigenvalue weighted by Gasteiger charge is -2.12. The summed E-state index contributed by atoms with van der Waals surface area (Å²) in [5.74, 6) is 1.80. The highest BCUT2D eigenvalue weighted by molar-refractivity contribution is 7.98. The van der Waals surface area contributed by atoms with Crippen molar-refractivity contribution in [1.82, 2.24) is 20.1 Å². The number of aromatic nitrogens is 3. The van der Waals surface area contributed by atoms with Gasteiger partial charge in [-0.3, -0.25) is 4.79 Å². The molecule has 0 radical (unpaired) electrons. The zero-order valence-electron chi connectivity index (χ0n) is 18.4. The molecule has 0 atom stereocenters. The molecule has 6 nitrogen and oxygen atoms in total. The molecule has 0 fully saturated rings. The van der Waals surface area contributed by atoms with Crippen molar-refractivity contribution >= 4 is 23.7 Å². The van der Waals surface area contributed by atoms with E-state index in [1.807, 2.05) is 34.9 Å². The van der Waals surface area contributed by atoms with Crippen molar-refractivity contribution in [2.24, 2.45) is 5.92 Å². The summed E-state index contributed by atoms with van der Waals surface area (Å²) in [5.41, 5.74) is 1.52. The van der Waals surface area contributed by atoms with Crippen molar-refractivity contribution in [3.8, 4) is 5.75 Å². The fourth-order valence-corrected chi connectivity index (χ4v) is 3.93. The monoisotopic (exact) mass is 454 g/mol. The molecule has 1 heterocycles. The van der Waals surface area contributed by atoms with Gasteiger partial charge in [0.15, 0.2) is 11.0 Å². The smallest absolute Gasteiger partial charge is 0.244 e. The van der Waals surface area contributed by atoms with E-state index in [1.165, 1.54) is 23.9 Å². The first-order chi connectivity index (χ1) is 15.5. The largest absolute Gasteiger partial charge is 0.497 e. The topological polar surface area (TPSA) is 69.0 Å². The second kappa shape index (κ2) is 11.5. The van der Waals surface area contributed by atoms with Crippen molar-refractivity contribution in [3.63, 3.8) is 0 Å². The predicted molar refractivity (Wildman–Crippen MR) is 125 cm³/mol. The van der Waals surface area contributed by atoms with E-state index in [9.17, 15) is 9.18 Å². The Labute approximate surface area is 191 Å². The van der Waals surface area contributed by atoms with E-state index >= 15 is 0 Å². The quantitative estimate of drug-likeness (QED) is 0.355. The van der Waals surface area contributed by atoms with Gasteiger partial charge in [-0.1, -0.05) is 55.9 Å². The van der Waals surface area contributed by atoms with Crippen LogP contribution in [0.4, 0.5) is 4.39 Å². The number of methoxy groups -OCH3 is 1. The summed E-state index contributed by atoms with van der Waals surface area (Å²) >= 11 is 1.43. The third-order valence-corrected chi connectivity index (χ3v) is 5.64. The summed E-state index contributed by atoms with van der Waals surface area (Å²) in [7, 11) is 1.61. The number of hydrogen-bond donors (Lipinski definition) is 1. The summed E-state index contributed by atoms with van der Waals surface area (Å²) in [6.07, 6.45) is 3.22. The molecule has 3 aromatic rings. The minimum absolute atomic E-state index is 0.222. The van der Waals surface area contributed by atoms with Gasteiger partial charge >= 0.3 is 0 Å². The molecule has 168 valence electrons. The van der Waals surface area contributed by atoms with Crippen LogP contribution in [0.15, 0.2) is 59.8 Å². The summed E-state index contributed by atoms with van der Waals surface area (Å²) in [5, 5.41) is 12.1. The number of hydrogen-bond acceptors (Lipinski definition) is 5. The van der Waals surface area contributed by atoms with Crippen LogP contribution in [0.3, 0.4) is 0 Å². The number of benzene rings is 2. The maximum atomic E-state index is 13.9. The molecule has 32 heavy (non-hydrogen) atoms. The van der Waals surface area contributed by atoms with Gasteiger partial charge in [-0.15, -0.1) is 10.2 Å². The first-order valence-corrected chi connectivity index (χ1v) is 11.3. The maximum absolute atomic E-state index is 13.9. The van der Waals surface area contributed by atoms with Crippen molar-refractivity contribution in [2.75, 3.05) is 7.11 Å². The molecule has 0 bridgehead atoms. The third kappa shape index (κ3) is 6.68. The van der Waals surface area contributed by atoms with E-state index < -0.39 is 0 Å². The Morgan fingerprint density at radius 3 is 2.62 bits per heavy atom. The van der Waals surface area contributed by atoms with Crippen molar-refractivity contribution in [1.29, 1.82) is 0 Å². The SMILES string of the molecule is COc1ccc(C=CC(=O)NCc2nnc(SCc3ccccc3F)n2CC(C)C)cc1. The van der Waals surface area contributed by atoms with Gasteiger partial charge in [0.05, 0.1) is 13.7 Å². The zero-order chi connectivity index (χ0) is 22.9. The van der Waals surface area contributed by atoms with E-state index in [1.54, 1.807) is 25.3 Å². The molecule has 2 aromatic carbocycles. The average molecular weight is 455 g/mol. The van der Waals surface area contributed by atoms with Gasteiger partial charge in [0.25, 0.3) is 0 Å². The summed E-state index contributed by atoms with van der Waals surface area (Å²) in [4.78, 5) is 12.3. The van der Waals surface area contributed by atoms with Gasteiger partial charge in [0.2, 0.25) is 5.91 Å². The van der Waals surface area contributed by atoms with Gasteiger partial charge < -0.3 is 14.6 Å². The lowest BCUT2D eigenvalue weighted by molar-refractivity contribution is -0.116. The number of ether oxygens (including phenoxy) is 1. The molecule has 1 amide bonds. The lowest BCUT2D eigenvalue weighted by Crippen LogP contribution is -2.23. The van der Waals surface area contributed by atoms with Crippen molar-refractivity contribution in [2.45, 2.75) is 37.8 Å². The fourth-order valence-electron chi connectivity index (χ4n) is 2.97. The molecule has 1 aromatic heterocycles. The fraction of sp³-hybridized carbons (Fsp3) is 0.292. The van der Waals surface area contributed by atoms with E-state index in [2.05, 4.69) is 29.4 Å².